The van der Waals surface area contributed by atoms with Gasteiger partial charge in [-0.25, -0.2) is 4.39 Å². The van der Waals surface area contributed by atoms with Crippen molar-refractivity contribution in [2.75, 3.05) is 13.8 Å². The maximum atomic E-state index is 13.3. The van der Waals surface area contributed by atoms with Gasteiger partial charge in [0.05, 0.1) is 7.05 Å². The molecule has 3 aromatic rings. The molecule has 0 fully saturated rings. The second-order valence-electron chi connectivity index (χ2n) is 6.16. The van der Waals surface area contributed by atoms with Gasteiger partial charge in [-0.3, -0.25) is 0 Å². The Morgan fingerprint density at radius 3 is 2.88 bits per heavy atom. The lowest BCUT2D eigenvalue weighted by Gasteiger charge is -2.13. The lowest BCUT2D eigenvalue weighted by molar-refractivity contribution is -0.917. The van der Waals surface area contributed by atoms with Gasteiger partial charge in [0.15, 0.2) is 18.2 Å². The van der Waals surface area contributed by atoms with Crippen molar-refractivity contribution in [3.63, 3.8) is 0 Å². The van der Waals surface area contributed by atoms with E-state index in [2.05, 4.69) is 5.10 Å². The number of nitrogens with one attached hydrogen (secondary N) is 1. The third kappa shape index (κ3) is 3.47. The fourth-order valence-corrected chi connectivity index (χ4v) is 3.04. The SMILES string of the molecule is C[NH+](Cc1cccc(F)c1)Cn1nc(-c2ccc3c(c2)OCO3)oc1=S. The van der Waals surface area contributed by atoms with Crippen molar-refractivity contribution in [3.05, 3.63) is 58.7 Å². The maximum absolute atomic E-state index is 13.3. The fraction of sp³-hybridized carbons (Fsp3) is 0.222. The summed E-state index contributed by atoms with van der Waals surface area (Å²) in [4.78, 5) is 1.38. The minimum atomic E-state index is -0.238. The second kappa shape index (κ2) is 6.89. The van der Waals surface area contributed by atoms with Crippen LogP contribution in [0.4, 0.5) is 4.39 Å². The minimum absolute atomic E-state index is 0.213. The Labute approximate surface area is 154 Å². The monoisotopic (exact) mass is 374 g/mol. The molecule has 26 heavy (non-hydrogen) atoms. The zero-order chi connectivity index (χ0) is 18.1. The van der Waals surface area contributed by atoms with Gasteiger partial charge in [0, 0.05) is 11.1 Å². The van der Waals surface area contributed by atoms with Crippen molar-refractivity contribution >= 4 is 12.2 Å². The number of ether oxygens (including phenoxy) is 2. The highest BCUT2D eigenvalue weighted by Gasteiger charge is 2.17. The molecule has 134 valence electrons. The molecule has 4 rings (SSSR count). The van der Waals surface area contributed by atoms with Crippen molar-refractivity contribution in [2.24, 2.45) is 0 Å². The molecule has 8 heteroatoms. The number of aromatic nitrogens is 2. The number of halogens is 1. The summed E-state index contributed by atoms with van der Waals surface area (Å²) >= 11 is 5.28. The summed E-state index contributed by atoms with van der Waals surface area (Å²) < 4.78 is 31.3. The first-order valence-electron chi connectivity index (χ1n) is 8.12. The molecular formula is C18H17FN3O3S+. The summed E-state index contributed by atoms with van der Waals surface area (Å²) in [5.74, 6) is 1.54. The van der Waals surface area contributed by atoms with Crippen LogP contribution in [0.15, 0.2) is 46.9 Å². The van der Waals surface area contributed by atoms with Gasteiger partial charge in [-0.1, -0.05) is 12.1 Å². The Balaban J connectivity index is 1.50. The van der Waals surface area contributed by atoms with Gasteiger partial charge in [-0.05, 0) is 42.5 Å². The van der Waals surface area contributed by atoms with Crippen molar-refractivity contribution in [1.29, 1.82) is 0 Å². The lowest BCUT2D eigenvalue weighted by atomic mass is 10.2. The van der Waals surface area contributed by atoms with Gasteiger partial charge >= 0.3 is 0 Å². The van der Waals surface area contributed by atoms with E-state index in [1.807, 2.05) is 31.3 Å². The molecule has 1 aliphatic rings. The van der Waals surface area contributed by atoms with Crippen LogP contribution in [0.2, 0.25) is 0 Å². The molecule has 0 aliphatic carbocycles. The summed E-state index contributed by atoms with van der Waals surface area (Å²) in [5.41, 5.74) is 1.68. The van der Waals surface area contributed by atoms with Crippen LogP contribution in [-0.4, -0.2) is 23.6 Å². The van der Waals surface area contributed by atoms with Gasteiger partial charge in [-0.2, -0.15) is 4.68 Å². The molecule has 1 atom stereocenters. The third-order valence-electron chi connectivity index (χ3n) is 4.04. The standard InChI is InChI=1S/C18H16FN3O3S/c1-21(9-12-3-2-4-14(19)7-12)10-22-18(26)25-17(20-22)13-5-6-15-16(8-13)24-11-23-15/h2-8H,9-11H2,1H3/p+1. The molecule has 0 radical (unpaired) electrons. The van der Waals surface area contributed by atoms with E-state index in [-0.39, 0.29) is 17.4 Å². The van der Waals surface area contributed by atoms with Crippen LogP contribution in [-0.2, 0) is 13.2 Å². The molecule has 1 unspecified atom stereocenters. The van der Waals surface area contributed by atoms with Gasteiger partial charge in [0.1, 0.15) is 12.4 Å². The lowest BCUT2D eigenvalue weighted by Crippen LogP contribution is -3.07. The van der Waals surface area contributed by atoms with E-state index in [9.17, 15) is 4.39 Å². The predicted octanol–water partition coefficient (Wildman–Crippen LogP) is 2.41. The zero-order valence-corrected chi connectivity index (χ0v) is 14.9. The first kappa shape index (κ1) is 16.7. The molecule has 0 saturated heterocycles. The molecule has 1 aliphatic heterocycles. The number of quaternary nitrogens is 1. The van der Waals surface area contributed by atoms with Crippen LogP contribution in [0.1, 0.15) is 5.56 Å². The number of rotatable bonds is 5. The molecule has 6 nitrogen and oxygen atoms in total. The van der Waals surface area contributed by atoms with E-state index >= 15 is 0 Å². The number of hydrogen-bond acceptors (Lipinski definition) is 5. The molecule has 0 spiro atoms. The molecule has 0 bridgehead atoms. The molecule has 0 amide bonds. The van der Waals surface area contributed by atoms with E-state index in [0.29, 0.717) is 30.6 Å². The molecule has 1 aromatic heterocycles. The van der Waals surface area contributed by atoms with Crippen molar-refractivity contribution < 1.29 is 23.2 Å². The highest BCUT2D eigenvalue weighted by Crippen LogP contribution is 2.35. The molecule has 1 N–H and O–H groups in total. The van der Waals surface area contributed by atoms with E-state index in [1.54, 1.807) is 10.7 Å². The number of nitrogens with zero attached hydrogens (tertiary/aromatic N) is 2. The number of hydrogen-bond donors (Lipinski definition) is 1. The summed E-state index contributed by atoms with van der Waals surface area (Å²) in [6.45, 7) is 1.36. The Morgan fingerprint density at radius 2 is 2.04 bits per heavy atom. The van der Waals surface area contributed by atoms with Crippen LogP contribution in [0.3, 0.4) is 0 Å². The third-order valence-corrected chi connectivity index (χ3v) is 4.33. The smallest absolute Gasteiger partial charge is 0.292 e. The number of benzene rings is 2. The molecular weight excluding hydrogens is 357 g/mol. The zero-order valence-electron chi connectivity index (χ0n) is 14.1. The van der Waals surface area contributed by atoms with Gasteiger partial charge in [-0.15, -0.1) is 5.10 Å². The van der Waals surface area contributed by atoms with E-state index < -0.39 is 0 Å². The average Bonchev–Trinajstić information content (AvgIpc) is 3.21. The normalized spacial score (nSPS) is 13.8. The largest absolute Gasteiger partial charge is 0.454 e. The predicted molar refractivity (Wildman–Crippen MR) is 93.9 cm³/mol. The van der Waals surface area contributed by atoms with E-state index in [4.69, 9.17) is 26.1 Å². The Hall–Kier alpha value is -2.71. The summed E-state index contributed by atoms with van der Waals surface area (Å²) in [6.07, 6.45) is 0. The molecule has 2 heterocycles. The fourth-order valence-electron chi connectivity index (χ4n) is 2.86. The molecule has 2 aromatic carbocycles. The van der Waals surface area contributed by atoms with Crippen molar-refractivity contribution in [2.45, 2.75) is 13.2 Å². The van der Waals surface area contributed by atoms with E-state index in [1.165, 1.54) is 12.1 Å². The Kier molecular flexibility index (Phi) is 4.44. The van der Waals surface area contributed by atoms with Gasteiger partial charge in [0.25, 0.3) is 4.84 Å². The van der Waals surface area contributed by atoms with Crippen LogP contribution in [0.5, 0.6) is 11.5 Å². The van der Waals surface area contributed by atoms with Gasteiger partial charge in [0.2, 0.25) is 12.7 Å². The van der Waals surface area contributed by atoms with Crippen LogP contribution >= 0.6 is 12.2 Å². The summed E-state index contributed by atoms with van der Waals surface area (Å²) in [7, 11) is 1.99. The number of fused-ring (bicyclic) bond motifs is 1. The first-order chi connectivity index (χ1) is 12.6. The second-order valence-corrected chi connectivity index (χ2v) is 6.51. The topological polar surface area (TPSA) is 53.9 Å². The minimum Gasteiger partial charge on any atom is -0.454 e. The van der Waals surface area contributed by atoms with E-state index in [0.717, 1.165) is 16.0 Å². The van der Waals surface area contributed by atoms with Crippen molar-refractivity contribution in [3.8, 4) is 23.0 Å². The van der Waals surface area contributed by atoms with Crippen LogP contribution in [0, 0.1) is 10.7 Å². The Bertz CT molecular complexity index is 1000. The Morgan fingerprint density at radius 1 is 1.19 bits per heavy atom. The quantitative estimate of drug-likeness (QED) is 0.695. The highest BCUT2D eigenvalue weighted by molar-refractivity contribution is 7.71. The highest BCUT2D eigenvalue weighted by atomic mass is 32.1. The first-order valence-corrected chi connectivity index (χ1v) is 8.53. The van der Waals surface area contributed by atoms with Crippen molar-refractivity contribution in [1.82, 2.24) is 9.78 Å². The molecule has 0 saturated carbocycles. The van der Waals surface area contributed by atoms with Crippen LogP contribution in [0.25, 0.3) is 11.5 Å². The average molecular weight is 374 g/mol. The summed E-state index contributed by atoms with van der Waals surface area (Å²) in [5, 5.41) is 4.46. The van der Waals surface area contributed by atoms with Crippen LogP contribution < -0.4 is 14.4 Å². The summed E-state index contributed by atoms with van der Waals surface area (Å²) in [6, 6.07) is 12.0. The van der Waals surface area contributed by atoms with Gasteiger partial charge < -0.3 is 18.8 Å². The maximum Gasteiger partial charge on any atom is 0.292 e.